The Labute approximate surface area is 130 Å². The molecule has 2 aromatic carbocycles. The number of ether oxygens (including phenoxy) is 1. The van der Waals surface area contributed by atoms with Gasteiger partial charge < -0.3 is 10.1 Å². The molecule has 1 N–H and O–H groups in total. The quantitative estimate of drug-likeness (QED) is 0.863. The van der Waals surface area contributed by atoms with Gasteiger partial charge in [-0.15, -0.1) is 0 Å². The van der Waals surface area contributed by atoms with Crippen molar-refractivity contribution in [2.75, 3.05) is 6.61 Å². The van der Waals surface area contributed by atoms with Gasteiger partial charge in [-0.1, -0.05) is 48.0 Å². The van der Waals surface area contributed by atoms with Crippen LogP contribution in [0.4, 0.5) is 0 Å². The normalized spacial score (nSPS) is 11.5. The topological polar surface area (TPSA) is 55.4 Å². The average Bonchev–Trinajstić information content (AvgIpc) is 2.54. The van der Waals surface area contributed by atoms with Crippen molar-refractivity contribution in [3.63, 3.8) is 0 Å². The summed E-state index contributed by atoms with van der Waals surface area (Å²) in [4.78, 5) is 23.6. The van der Waals surface area contributed by atoms with Crippen LogP contribution < -0.4 is 5.32 Å². The van der Waals surface area contributed by atoms with Crippen LogP contribution in [0.2, 0.25) is 0 Å². The van der Waals surface area contributed by atoms with Crippen LogP contribution in [0.5, 0.6) is 0 Å². The third-order valence-corrected chi connectivity index (χ3v) is 3.30. The van der Waals surface area contributed by atoms with E-state index in [9.17, 15) is 9.59 Å². The smallest absolute Gasteiger partial charge is 0.338 e. The highest BCUT2D eigenvalue weighted by Gasteiger charge is 2.12. The Balaban J connectivity index is 1.82. The molecule has 0 saturated heterocycles. The Bertz CT molecular complexity index is 635. The molecule has 0 spiro atoms. The maximum absolute atomic E-state index is 11.8. The van der Waals surface area contributed by atoms with Crippen LogP contribution in [-0.4, -0.2) is 18.5 Å². The summed E-state index contributed by atoms with van der Waals surface area (Å²) in [5.74, 6) is -0.820. The van der Waals surface area contributed by atoms with E-state index in [0.717, 1.165) is 11.1 Å². The molecule has 0 aliphatic heterocycles. The molecule has 2 rings (SSSR count). The maximum atomic E-state index is 11.8. The molecule has 4 heteroatoms. The van der Waals surface area contributed by atoms with E-state index >= 15 is 0 Å². The molecule has 0 unspecified atom stereocenters. The molecule has 0 aliphatic rings. The number of aryl methyl sites for hydroxylation is 1. The average molecular weight is 297 g/mol. The number of hydrogen-bond donors (Lipinski definition) is 1. The maximum Gasteiger partial charge on any atom is 0.338 e. The zero-order valence-electron chi connectivity index (χ0n) is 12.7. The van der Waals surface area contributed by atoms with Gasteiger partial charge in [-0.25, -0.2) is 4.79 Å². The third-order valence-electron chi connectivity index (χ3n) is 3.30. The molecule has 0 aliphatic carbocycles. The molecule has 0 heterocycles. The molecule has 114 valence electrons. The zero-order valence-corrected chi connectivity index (χ0v) is 12.7. The molecule has 0 aromatic heterocycles. The van der Waals surface area contributed by atoms with Crippen molar-refractivity contribution in [2.24, 2.45) is 0 Å². The Kier molecular flexibility index (Phi) is 5.31. The highest BCUT2D eigenvalue weighted by molar-refractivity contribution is 5.91. The molecule has 0 saturated carbocycles. The summed E-state index contributed by atoms with van der Waals surface area (Å²) in [6, 6.07) is 16.5. The largest absolute Gasteiger partial charge is 0.452 e. The van der Waals surface area contributed by atoms with Gasteiger partial charge in [0, 0.05) is 0 Å². The lowest BCUT2D eigenvalue weighted by Gasteiger charge is -2.14. The fraction of sp³-hybridized carbons (Fsp3) is 0.222. The second kappa shape index (κ2) is 7.41. The van der Waals surface area contributed by atoms with Crippen molar-refractivity contribution in [1.82, 2.24) is 5.32 Å². The summed E-state index contributed by atoms with van der Waals surface area (Å²) in [6.45, 7) is 3.53. The fourth-order valence-electron chi connectivity index (χ4n) is 2.01. The van der Waals surface area contributed by atoms with Crippen LogP contribution in [0.3, 0.4) is 0 Å². The van der Waals surface area contributed by atoms with Gasteiger partial charge in [0.25, 0.3) is 5.91 Å². The summed E-state index contributed by atoms with van der Waals surface area (Å²) in [5, 5.41) is 2.80. The molecule has 0 bridgehead atoms. The first kappa shape index (κ1) is 15.8. The molecule has 0 radical (unpaired) electrons. The van der Waals surface area contributed by atoms with E-state index in [1.807, 2.05) is 56.3 Å². The predicted molar refractivity (Wildman–Crippen MR) is 84.5 cm³/mol. The molecule has 0 fully saturated rings. The van der Waals surface area contributed by atoms with Crippen molar-refractivity contribution in [3.8, 4) is 0 Å². The second-order valence-electron chi connectivity index (χ2n) is 5.14. The molecular formula is C18H19NO3. The van der Waals surface area contributed by atoms with Gasteiger partial charge >= 0.3 is 5.97 Å². The van der Waals surface area contributed by atoms with Gasteiger partial charge in [0.2, 0.25) is 0 Å². The first-order valence-electron chi connectivity index (χ1n) is 7.14. The van der Waals surface area contributed by atoms with E-state index in [1.165, 1.54) is 0 Å². The summed E-state index contributed by atoms with van der Waals surface area (Å²) in [6.07, 6.45) is 0. The predicted octanol–water partition coefficient (Wildman–Crippen LogP) is 3.03. The van der Waals surface area contributed by atoms with Gasteiger partial charge in [-0.05, 0) is 31.5 Å². The van der Waals surface area contributed by atoms with Crippen LogP contribution in [0.25, 0.3) is 0 Å². The van der Waals surface area contributed by atoms with Gasteiger partial charge in [0.1, 0.15) is 0 Å². The Hall–Kier alpha value is -2.62. The number of amides is 1. The van der Waals surface area contributed by atoms with Crippen molar-refractivity contribution < 1.29 is 14.3 Å². The Morgan fingerprint density at radius 1 is 1.05 bits per heavy atom. The first-order chi connectivity index (χ1) is 10.6. The molecule has 1 atom stereocenters. The van der Waals surface area contributed by atoms with E-state index in [-0.39, 0.29) is 18.6 Å². The first-order valence-corrected chi connectivity index (χ1v) is 7.14. The molecule has 22 heavy (non-hydrogen) atoms. The van der Waals surface area contributed by atoms with Gasteiger partial charge in [-0.2, -0.15) is 0 Å². The minimum atomic E-state index is -0.498. The molecule has 1 amide bonds. The number of benzene rings is 2. The highest BCUT2D eigenvalue weighted by atomic mass is 16.5. The van der Waals surface area contributed by atoms with E-state index in [1.54, 1.807) is 12.1 Å². The van der Waals surface area contributed by atoms with Crippen LogP contribution in [-0.2, 0) is 9.53 Å². The lowest BCUT2D eigenvalue weighted by molar-refractivity contribution is -0.124. The van der Waals surface area contributed by atoms with Gasteiger partial charge in [0.05, 0.1) is 11.6 Å². The number of carbonyl (C=O) groups excluding carboxylic acids is 2. The second-order valence-corrected chi connectivity index (χ2v) is 5.14. The molecular weight excluding hydrogens is 278 g/mol. The monoisotopic (exact) mass is 297 g/mol. The Morgan fingerprint density at radius 3 is 2.32 bits per heavy atom. The standard InChI is InChI=1S/C18H19NO3/c1-13-8-10-16(11-9-13)18(21)22-12-17(20)19-14(2)15-6-4-3-5-7-15/h3-11,14H,12H2,1-2H3,(H,19,20)/t14-/m1/s1. The lowest BCUT2D eigenvalue weighted by atomic mass is 10.1. The number of carbonyl (C=O) groups is 2. The van der Waals surface area contributed by atoms with Crippen molar-refractivity contribution in [3.05, 3.63) is 71.3 Å². The van der Waals surface area contributed by atoms with E-state index in [2.05, 4.69) is 5.32 Å². The van der Waals surface area contributed by atoms with Crippen molar-refractivity contribution in [2.45, 2.75) is 19.9 Å². The molecule has 4 nitrogen and oxygen atoms in total. The van der Waals surface area contributed by atoms with E-state index < -0.39 is 5.97 Å². The van der Waals surface area contributed by atoms with Crippen LogP contribution >= 0.6 is 0 Å². The number of nitrogens with one attached hydrogen (secondary N) is 1. The lowest BCUT2D eigenvalue weighted by Crippen LogP contribution is -2.31. The highest BCUT2D eigenvalue weighted by Crippen LogP contribution is 2.11. The SMILES string of the molecule is Cc1ccc(C(=O)OCC(=O)N[C@H](C)c2ccccc2)cc1. The van der Waals surface area contributed by atoms with Gasteiger partial charge in [-0.3, -0.25) is 4.79 Å². The van der Waals surface area contributed by atoms with Crippen LogP contribution in [0.1, 0.15) is 34.5 Å². The number of hydrogen-bond acceptors (Lipinski definition) is 3. The zero-order chi connectivity index (χ0) is 15.9. The van der Waals surface area contributed by atoms with Crippen LogP contribution in [0, 0.1) is 6.92 Å². The van der Waals surface area contributed by atoms with E-state index in [0.29, 0.717) is 5.56 Å². The van der Waals surface area contributed by atoms with Gasteiger partial charge in [0.15, 0.2) is 6.61 Å². The fourth-order valence-corrected chi connectivity index (χ4v) is 2.01. The summed E-state index contributed by atoms with van der Waals surface area (Å²) in [7, 11) is 0. The molecule has 2 aromatic rings. The summed E-state index contributed by atoms with van der Waals surface area (Å²) < 4.78 is 5.02. The Morgan fingerprint density at radius 2 is 1.68 bits per heavy atom. The minimum Gasteiger partial charge on any atom is -0.452 e. The summed E-state index contributed by atoms with van der Waals surface area (Å²) >= 11 is 0. The van der Waals surface area contributed by atoms with Crippen LogP contribution in [0.15, 0.2) is 54.6 Å². The van der Waals surface area contributed by atoms with Crippen molar-refractivity contribution >= 4 is 11.9 Å². The minimum absolute atomic E-state index is 0.133. The number of esters is 1. The van der Waals surface area contributed by atoms with Crippen molar-refractivity contribution in [1.29, 1.82) is 0 Å². The number of rotatable bonds is 5. The third kappa shape index (κ3) is 4.45. The summed E-state index contributed by atoms with van der Waals surface area (Å²) in [5.41, 5.74) is 2.50. The van der Waals surface area contributed by atoms with E-state index in [4.69, 9.17) is 4.74 Å².